The number of hydrogen-bond acceptors (Lipinski definition) is 0. The molecule has 1 rings (SSSR count). The summed E-state index contributed by atoms with van der Waals surface area (Å²) in [6.07, 6.45) is -1.97. The lowest BCUT2D eigenvalue weighted by molar-refractivity contribution is -0.138. The van der Waals surface area contributed by atoms with Crippen LogP contribution in [-0.4, -0.2) is 4.98 Å². The first kappa shape index (κ1) is 7.90. The van der Waals surface area contributed by atoms with Crippen molar-refractivity contribution in [3.63, 3.8) is 0 Å². The molecule has 5 heteroatoms. The summed E-state index contributed by atoms with van der Waals surface area (Å²) in [5, 5.41) is 0. The number of alkyl halides is 3. The quantitative estimate of drug-likeness (QED) is 0.691. The maximum atomic E-state index is 11.9. The molecule has 0 amide bonds. The highest BCUT2D eigenvalue weighted by molar-refractivity contribution is 14.1. The monoisotopic (exact) mass is 261 g/mol. The van der Waals surface area contributed by atoms with E-state index in [0.717, 1.165) is 6.20 Å². The third-order valence-corrected chi connectivity index (χ3v) is 1.89. The lowest BCUT2D eigenvalue weighted by atomic mass is 10.3. The molecular formula is C5H3F3IN. The van der Waals surface area contributed by atoms with Gasteiger partial charge in [0.1, 0.15) is 0 Å². The van der Waals surface area contributed by atoms with Crippen LogP contribution in [0.4, 0.5) is 13.2 Å². The second kappa shape index (κ2) is 2.44. The number of halogens is 4. The van der Waals surface area contributed by atoms with Gasteiger partial charge in [0.05, 0.1) is 5.56 Å². The fraction of sp³-hybridized carbons (Fsp3) is 0.200. The first-order valence-corrected chi connectivity index (χ1v) is 3.49. The van der Waals surface area contributed by atoms with Crippen molar-refractivity contribution in [1.82, 2.24) is 4.98 Å². The van der Waals surface area contributed by atoms with Crippen molar-refractivity contribution in [2.45, 2.75) is 6.18 Å². The van der Waals surface area contributed by atoms with Crippen LogP contribution in [0.25, 0.3) is 0 Å². The molecule has 0 atom stereocenters. The van der Waals surface area contributed by atoms with Gasteiger partial charge in [0, 0.05) is 16.0 Å². The third kappa shape index (κ3) is 1.44. The van der Waals surface area contributed by atoms with Gasteiger partial charge in [-0.15, -0.1) is 0 Å². The number of H-pyrrole nitrogens is 1. The van der Waals surface area contributed by atoms with Crippen molar-refractivity contribution >= 4 is 22.6 Å². The molecule has 0 aliphatic heterocycles. The Labute approximate surface area is 68.8 Å². The largest absolute Gasteiger partial charge is 0.418 e. The van der Waals surface area contributed by atoms with Crippen LogP contribution in [-0.2, 0) is 6.18 Å². The second-order valence-electron chi connectivity index (χ2n) is 1.71. The molecule has 0 fully saturated rings. The SMILES string of the molecule is FC(F)(F)c1c[nH]cc1I. The molecule has 56 valence electrons. The van der Waals surface area contributed by atoms with Gasteiger partial charge in [-0.3, -0.25) is 0 Å². The molecule has 1 heterocycles. The molecule has 0 aliphatic rings. The summed E-state index contributed by atoms with van der Waals surface area (Å²) in [5.74, 6) is 0. The van der Waals surface area contributed by atoms with Gasteiger partial charge in [-0.2, -0.15) is 13.2 Å². The van der Waals surface area contributed by atoms with Crippen LogP contribution in [0.15, 0.2) is 12.4 Å². The van der Waals surface area contributed by atoms with Crippen LogP contribution in [0.3, 0.4) is 0 Å². The summed E-state index contributed by atoms with van der Waals surface area (Å²) < 4.78 is 35.8. The minimum atomic E-state index is -4.23. The Morgan fingerprint density at radius 1 is 1.30 bits per heavy atom. The van der Waals surface area contributed by atoms with E-state index in [4.69, 9.17) is 0 Å². The van der Waals surface area contributed by atoms with Gasteiger partial charge in [0.25, 0.3) is 0 Å². The molecule has 1 nitrogen and oxygen atoms in total. The fourth-order valence-corrected chi connectivity index (χ4v) is 1.20. The van der Waals surface area contributed by atoms with Crippen molar-refractivity contribution in [2.75, 3.05) is 0 Å². The molecule has 0 saturated heterocycles. The number of aromatic amines is 1. The zero-order valence-electron chi connectivity index (χ0n) is 4.67. The predicted octanol–water partition coefficient (Wildman–Crippen LogP) is 2.64. The van der Waals surface area contributed by atoms with Gasteiger partial charge >= 0.3 is 6.18 Å². The molecule has 0 saturated carbocycles. The molecular weight excluding hydrogens is 258 g/mol. The third-order valence-electron chi connectivity index (χ3n) is 1.00. The molecule has 0 aliphatic carbocycles. The maximum absolute atomic E-state index is 11.9. The summed E-state index contributed by atoms with van der Waals surface area (Å²) in [4.78, 5) is 2.38. The van der Waals surface area contributed by atoms with E-state index in [1.54, 1.807) is 22.6 Å². The van der Waals surface area contributed by atoms with Gasteiger partial charge in [0.15, 0.2) is 0 Å². The highest BCUT2D eigenvalue weighted by Crippen LogP contribution is 2.32. The Balaban J connectivity index is 3.05. The van der Waals surface area contributed by atoms with E-state index >= 15 is 0 Å². The van der Waals surface area contributed by atoms with Crippen molar-refractivity contribution in [2.24, 2.45) is 0 Å². The van der Waals surface area contributed by atoms with Crippen LogP contribution < -0.4 is 0 Å². The Kier molecular flexibility index (Phi) is 1.93. The molecule has 0 unspecified atom stereocenters. The molecule has 1 N–H and O–H groups in total. The topological polar surface area (TPSA) is 15.8 Å². The van der Waals surface area contributed by atoms with E-state index in [1.165, 1.54) is 6.20 Å². The van der Waals surface area contributed by atoms with Gasteiger partial charge in [-0.1, -0.05) is 0 Å². The molecule has 0 spiro atoms. The molecule has 0 aromatic carbocycles. The van der Waals surface area contributed by atoms with Gasteiger partial charge in [-0.05, 0) is 22.6 Å². The zero-order chi connectivity index (χ0) is 7.78. The van der Waals surface area contributed by atoms with Gasteiger partial charge in [-0.25, -0.2) is 0 Å². The fourth-order valence-electron chi connectivity index (χ4n) is 0.562. The van der Waals surface area contributed by atoms with E-state index < -0.39 is 11.7 Å². The summed E-state index contributed by atoms with van der Waals surface area (Å²) in [7, 11) is 0. The van der Waals surface area contributed by atoms with Crippen LogP contribution in [0.5, 0.6) is 0 Å². The number of aromatic nitrogens is 1. The van der Waals surface area contributed by atoms with Crippen LogP contribution in [0, 0.1) is 3.57 Å². The number of rotatable bonds is 0. The Morgan fingerprint density at radius 2 is 1.90 bits per heavy atom. The average molecular weight is 261 g/mol. The summed E-state index contributed by atoms with van der Waals surface area (Å²) in [6, 6.07) is 0. The molecule has 0 bridgehead atoms. The van der Waals surface area contributed by atoms with E-state index in [-0.39, 0.29) is 3.57 Å². The molecule has 0 radical (unpaired) electrons. The lowest BCUT2D eigenvalue weighted by Gasteiger charge is -2.02. The normalized spacial score (nSPS) is 12.0. The number of nitrogens with one attached hydrogen (secondary N) is 1. The summed E-state index contributed by atoms with van der Waals surface area (Å²) >= 11 is 1.63. The smallest absolute Gasteiger partial charge is 0.366 e. The first-order valence-electron chi connectivity index (χ1n) is 2.41. The average Bonchev–Trinajstić information content (AvgIpc) is 2.11. The minimum absolute atomic E-state index is 0.199. The highest BCUT2D eigenvalue weighted by Gasteiger charge is 2.33. The van der Waals surface area contributed by atoms with Crippen LogP contribution >= 0.6 is 22.6 Å². The van der Waals surface area contributed by atoms with Crippen molar-refractivity contribution in [3.8, 4) is 0 Å². The zero-order valence-corrected chi connectivity index (χ0v) is 6.82. The van der Waals surface area contributed by atoms with Crippen molar-refractivity contribution in [1.29, 1.82) is 0 Å². The Bertz CT molecular complexity index is 227. The van der Waals surface area contributed by atoms with E-state index in [0.29, 0.717) is 0 Å². The highest BCUT2D eigenvalue weighted by atomic mass is 127. The van der Waals surface area contributed by atoms with Crippen LogP contribution in [0.1, 0.15) is 5.56 Å². The molecule has 10 heavy (non-hydrogen) atoms. The molecule has 1 aromatic heterocycles. The number of hydrogen-bond donors (Lipinski definition) is 1. The second-order valence-corrected chi connectivity index (χ2v) is 2.88. The van der Waals surface area contributed by atoms with E-state index in [2.05, 4.69) is 4.98 Å². The standard InChI is InChI=1S/C5H3F3IN/c6-5(7,8)3-1-10-2-4(3)9/h1-2,10H. The van der Waals surface area contributed by atoms with Crippen molar-refractivity contribution < 1.29 is 13.2 Å². The van der Waals surface area contributed by atoms with E-state index in [9.17, 15) is 13.2 Å². The van der Waals surface area contributed by atoms with Gasteiger partial charge < -0.3 is 4.98 Å². The van der Waals surface area contributed by atoms with E-state index in [1.807, 2.05) is 0 Å². The first-order chi connectivity index (χ1) is 4.52. The Morgan fingerprint density at radius 3 is 2.10 bits per heavy atom. The minimum Gasteiger partial charge on any atom is -0.366 e. The predicted molar refractivity (Wildman–Crippen MR) is 38.5 cm³/mol. The van der Waals surface area contributed by atoms with Crippen LogP contribution in [0.2, 0.25) is 0 Å². The van der Waals surface area contributed by atoms with Gasteiger partial charge in [0.2, 0.25) is 0 Å². The molecule has 1 aromatic rings. The van der Waals surface area contributed by atoms with Crippen molar-refractivity contribution in [3.05, 3.63) is 21.5 Å². The lowest BCUT2D eigenvalue weighted by Crippen LogP contribution is -2.04. The summed E-state index contributed by atoms with van der Waals surface area (Å²) in [5.41, 5.74) is -0.604. The maximum Gasteiger partial charge on any atom is 0.418 e. The summed E-state index contributed by atoms with van der Waals surface area (Å²) in [6.45, 7) is 0. The Hall–Kier alpha value is -0.200.